The molecule has 0 amide bonds. The van der Waals surface area contributed by atoms with Gasteiger partial charge in [-0.15, -0.1) is 11.3 Å². The molecule has 2 nitrogen and oxygen atoms in total. The maximum atomic E-state index is 5.72. The van der Waals surface area contributed by atoms with E-state index in [2.05, 4.69) is 57.2 Å². The minimum absolute atomic E-state index is 0.263. The number of thiophene rings is 1. The van der Waals surface area contributed by atoms with Crippen molar-refractivity contribution >= 4 is 43.2 Å². The Morgan fingerprint density at radius 3 is 2.56 bits per heavy atom. The zero-order valence-electron chi connectivity index (χ0n) is 11.0. The summed E-state index contributed by atoms with van der Waals surface area (Å²) in [6, 6.07) is 2.42. The van der Waals surface area contributed by atoms with E-state index in [1.807, 2.05) is 0 Å². The molecule has 1 aromatic heterocycles. The van der Waals surface area contributed by atoms with Crippen LogP contribution in [0.15, 0.2) is 14.3 Å². The topological polar surface area (TPSA) is 38.0 Å². The van der Waals surface area contributed by atoms with Crippen molar-refractivity contribution in [3.63, 3.8) is 0 Å². The largest absolute Gasteiger partial charge is 0.271 e. The van der Waals surface area contributed by atoms with E-state index in [-0.39, 0.29) is 6.04 Å². The zero-order valence-corrected chi connectivity index (χ0v) is 15.0. The number of hydrogen-bond acceptors (Lipinski definition) is 3. The van der Waals surface area contributed by atoms with Gasteiger partial charge in [0.2, 0.25) is 0 Å². The summed E-state index contributed by atoms with van der Waals surface area (Å²) >= 11 is 8.83. The van der Waals surface area contributed by atoms with Gasteiger partial charge in [-0.1, -0.05) is 39.5 Å². The molecular formula is C13H22Br2N2S. The summed E-state index contributed by atoms with van der Waals surface area (Å²) in [4.78, 5) is 1.30. The van der Waals surface area contributed by atoms with Crippen LogP contribution in [-0.4, -0.2) is 0 Å². The van der Waals surface area contributed by atoms with Crippen molar-refractivity contribution < 1.29 is 0 Å². The van der Waals surface area contributed by atoms with Crippen molar-refractivity contribution in [2.24, 2.45) is 11.8 Å². The second-order valence-electron chi connectivity index (χ2n) is 4.64. The van der Waals surface area contributed by atoms with E-state index in [4.69, 9.17) is 5.84 Å². The van der Waals surface area contributed by atoms with Gasteiger partial charge in [0.1, 0.15) is 0 Å². The Balaban J connectivity index is 2.65. The van der Waals surface area contributed by atoms with Gasteiger partial charge in [-0.3, -0.25) is 11.3 Å². The number of nitrogens with one attached hydrogen (secondary N) is 1. The Kier molecular flexibility index (Phi) is 8.03. The highest BCUT2D eigenvalue weighted by molar-refractivity contribution is 9.13. The Hall–Kier alpha value is 0.580. The molecule has 0 aliphatic rings. The van der Waals surface area contributed by atoms with Crippen LogP contribution in [0.5, 0.6) is 0 Å². The summed E-state index contributed by atoms with van der Waals surface area (Å²) in [5.41, 5.74) is 2.97. The maximum absolute atomic E-state index is 5.72. The summed E-state index contributed by atoms with van der Waals surface area (Å²) < 4.78 is 2.25. The predicted octanol–water partition coefficient (Wildman–Crippen LogP) is 5.38. The molecule has 0 aromatic carbocycles. The van der Waals surface area contributed by atoms with E-state index in [9.17, 15) is 0 Å². The second kappa shape index (κ2) is 8.69. The van der Waals surface area contributed by atoms with E-state index in [1.54, 1.807) is 11.3 Å². The monoisotopic (exact) mass is 396 g/mol. The van der Waals surface area contributed by atoms with Crippen LogP contribution in [0.25, 0.3) is 0 Å². The van der Waals surface area contributed by atoms with Gasteiger partial charge < -0.3 is 0 Å². The molecule has 0 fully saturated rings. The molecule has 0 radical (unpaired) electrons. The summed E-state index contributed by atoms with van der Waals surface area (Å²) in [5, 5.41) is 0. The normalized spacial score (nSPS) is 14.7. The third kappa shape index (κ3) is 4.93. The van der Waals surface area contributed by atoms with Crippen LogP contribution in [0.2, 0.25) is 0 Å². The average molecular weight is 398 g/mol. The zero-order chi connectivity index (χ0) is 13.5. The summed E-state index contributed by atoms with van der Waals surface area (Å²) in [6.45, 7) is 4.52. The molecule has 2 unspecified atom stereocenters. The van der Waals surface area contributed by atoms with Crippen molar-refractivity contribution in [1.82, 2.24) is 5.43 Å². The average Bonchev–Trinajstić information content (AvgIpc) is 2.70. The molecule has 5 heteroatoms. The number of halogens is 2. The molecule has 0 aliphatic carbocycles. The van der Waals surface area contributed by atoms with E-state index in [0.717, 1.165) is 20.6 Å². The molecule has 3 N–H and O–H groups in total. The third-order valence-electron chi connectivity index (χ3n) is 3.32. The van der Waals surface area contributed by atoms with E-state index in [1.165, 1.54) is 30.6 Å². The van der Waals surface area contributed by atoms with Gasteiger partial charge in [0.15, 0.2) is 0 Å². The Morgan fingerprint density at radius 2 is 2.11 bits per heavy atom. The number of nitrogens with two attached hydrogens (primary N) is 1. The number of hydrazine groups is 1. The number of rotatable bonds is 8. The Morgan fingerprint density at radius 1 is 1.39 bits per heavy atom. The van der Waals surface area contributed by atoms with E-state index < -0.39 is 0 Å². The van der Waals surface area contributed by atoms with Crippen molar-refractivity contribution in [3.05, 3.63) is 19.2 Å². The third-order valence-corrected chi connectivity index (χ3v) is 6.69. The SMILES string of the molecule is CCCCC(CC)CC(NN)c1cc(Br)c(Br)s1. The van der Waals surface area contributed by atoms with Gasteiger partial charge in [0.25, 0.3) is 0 Å². The predicted molar refractivity (Wildman–Crippen MR) is 87.7 cm³/mol. The fourth-order valence-corrected chi connectivity index (χ4v) is 4.28. The van der Waals surface area contributed by atoms with Crippen LogP contribution in [0.3, 0.4) is 0 Å². The highest BCUT2D eigenvalue weighted by atomic mass is 79.9. The lowest BCUT2D eigenvalue weighted by Crippen LogP contribution is -2.29. The van der Waals surface area contributed by atoms with Crippen molar-refractivity contribution in [1.29, 1.82) is 0 Å². The molecule has 0 bridgehead atoms. The first kappa shape index (κ1) is 16.6. The molecule has 18 heavy (non-hydrogen) atoms. The van der Waals surface area contributed by atoms with Gasteiger partial charge >= 0.3 is 0 Å². The van der Waals surface area contributed by atoms with Crippen LogP contribution >= 0.6 is 43.2 Å². The Labute approximate surface area is 131 Å². The van der Waals surface area contributed by atoms with Crippen LogP contribution in [0.1, 0.15) is 56.9 Å². The van der Waals surface area contributed by atoms with Gasteiger partial charge in [-0.05, 0) is 50.3 Å². The van der Waals surface area contributed by atoms with Gasteiger partial charge in [0, 0.05) is 9.35 Å². The van der Waals surface area contributed by atoms with Gasteiger partial charge in [0.05, 0.1) is 9.83 Å². The molecule has 0 saturated heterocycles. The summed E-state index contributed by atoms with van der Waals surface area (Å²) in [7, 11) is 0. The molecule has 1 heterocycles. The van der Waals surface area contributed by atoms with Crippen LogP contribution in [0, 0.1) is 5.92 Å². The number of unbranched alkanes of at least 4 members (excludes halogenated alkanes) is 1. The molecule has 0 saturated carbocycles. The second-order valence-corrected chi connectivity index (χ2v) is 7.90. The van der Waals surface area contributed by atoms with Crippen LogP contribution in [0.4, 0.5) is 0 Å². The fraction of sp³-hybridized carbons (Fsp3) is 0.692. The molecule has 0 aliphatic heterocycles. The molecule has 0 spiro atoms. The molecule has 104 valence electrons. The van der Waals surface area contributed by atoms with Crippen molar-refractivity contribution in [2.45, 2.75) is 52.0 Å². The van der Waals surface area contributed by atoms with Gasteiger partial charge in [-0.25, -0.2) is 0 Å². The Bertz CT molecular complexity index is 335. The van der Waals surface area contributed by atoms with Gasteiger partial charge in [-0.2, -0.15) is 0 Å². The lowest BCUT2D eigenvalue weighted by atomic mass is 9.92. The first-order valence-corrected chi connectivity index (χ1v) is 8.93. The van der Waals surface area contributed by atoms with E-state index in [0.29, 0.717) is 0 Å². The first-order chi connectivity index (χ1) is 8.62. The van der Waals surface area contributed by atoms with E-state index >= 15 is 0 Å². The summed E-state index contributed by atoms with van der Waals surface area (Å²) in [5.74, 6) is 6.48. The minimum Gasteiger partial charge on any atom is -0.271 e. The lowest BCUT2D eigenvalue weighted by Gasteiger charge is -2.21. The minimum atomic E-state index is 0.263. The highest BCUT2D eigenvalue weighted by Crippen LogP contribution is 2.37. The standard InChI is InChI=1S/C13H22Br2N2S/c1-3-5-6-9(4-2)7-11(17-16)12-8-10(14)13(15)18-12/h8-9,11,17H,3-7,16H2,1-2H3. The quantitative estimate of drug-likeness (QED) is 0.456. The summed E-state index contributed by atoms with van der Waals surface area (Å²) in [6.07, 6.45) is 6.23. The molecule has 1 aromatic rings. The van der Waals surface area contributed by atoms with Crippen LogP contribution < -0.4 is 11.3 Å². The molecule has 2 atom stereocenters. The smallest absolute Gasteiger partial charge is 0.0843 e. The highest BCUT2D eigenvalue weighted by Gasteiger charge is 2.18. The maximum Gasteiger partial charge on any atom is 0.0843 e. The number of hydrogen-bond donors (Lipinski definition) is 2. The lowest BCUT2D eigenvalue weighted by molar-refractivity contribution is 0.359. The molecular weight excluding hydrogens is 376 g/mol. The fourth-order valence-electron chi connectivity index (χ4n) is 2.12. The van der Waals surface area contributed by atoms with Crippen molar-refractivity contribution in [3.8, 4) is 0 Å². The molecule has 1 rings (SSSR count). The van der Waals surface area contributed by atoms with Crippen LogP contribution in [-0.2, 0) is 0 Å². The first-order valence-electron chi connectivity index (χ1n) is 6.53. The van der Waals surface area contributed by atoms with Crippen molar-refractivity contribution in [2.75, 3.05) is 0 Å².